The van der Waals surface area contributed by atoms with Gasteiger partial charge in [0.2, 0.25) is 5.91 Å². The van der Waals surface area contributed by atoms with Gasteiger partial charge in [0, 0.05) is 10.5 Å². The van der Waals surface area contributed by atoms with Gasteiger partial charge in [0.15, 0.2) is 0 Å². The third-order valence-corrected chi connectivity index (χ3v) is 4.54. The summed E-state index contributed by atoms with van der Waals surface area (Å²) < 4.78 is 43.4. The fraction of sp³-hybridized carbons (Fsp3) is 0.176. The molecule has 2 amide bonds. The summed E-state index contributed by atoms with van der Waals surface area (Å²) in [6.45, 7) is 0. The molecule has 4 nitrogen and oxygen atoms in total. The molecule has 0 unspecified atom stereocenters. The van der Waals surface area contributed by atoms with E-state index in [1.165, 1.54) is 25.3 Å². The van der Waals surface area contributed by atoms with Crippen molar-refractivity contribution in [2.24, 2.45) is 0 Å². The quantitative estimate of drug-likeness (QED) is 0.751. The Bertz CT molecular complexity index is 810. The number of halogens is 4. The first-order valence-corrected chi connectivity index (χ1v) is 8.55. The molecule has 2 aromatic carbocycles. The lowest BCUT2D eigenvalue weighted by atomic mass is 10.2. The Morgan fingerprint density at radius 3 is 2.38 bits per heavy atom. The molecule has 1 N–H and O–H groups in total. The van der Waals surface area contributed by atoms with Crippen molar-refractivity contribution < 1.29 is 27.5 Å². The molecule has 0 heterocycles. The number of carbonyl (C=O) groups excluding carboxylic acids is 2. The molecular weight excluding hydrogens is 391 g/mol. The lowest BCUT2D eigenvalue weighted by Crippen LogP contribution is -2.31. The Labute approximate surface area is 156 Å². The number of ether oxygens (including phenoxy) is 1. The van der Waals surface area contributed by atoms with E-state index in [2.05, 4.69) is 5.32 Å². The monoisotopic (exact) mass is 403 g/mol. The Kier molecular flexibility index (Phi) is 6.55. The molecule has 0 radical (unpaired) electrons. The molecule has 0 aromatic heterocycles. The van der Waals surface area contributed by atoms with Crippen molar-refractivity contribution in [1.82, 2.24) is 5.32 Å². The zero-order chi connectivity index (χ0) is 19.3. The van der Waals surface area contributed by atoms with Crippen LogP contribution in [0.2, 0.25) is 5.02 Å². The number of hydrogen-bond acceptors (Lipinski definition) is 4. The van der Waals surface area contributed by atoms with Crippen molar-refractivity contribution in [2.45, 2.75) is 11.1 Å². The van der Waals surface area contributed by atoms with Crippen LogP contribution in [0.15, 0.2) is 47.4 Å². The van der Waals surface area contributed by atoms with Crippen LogP contribution in [0.3, 0.4) is 0 Å². The van der Waals surface area contributed by atoms with E-state index < -0.39 is 28.6 Å². The number of nitrogens with one attached hydrogen (secondary N) is 1. The highest BCUT2D eigenvalue weighted by molar-refractivity contribution is 8.00. The van der Waals surface area contributed by atoms with Crippen LogP contribution in [0.25, 0.3) is 0 Å². The van der Waals surface area contributed by atoms with Crippen molar-refractivity contribution in [3.63, 3.8) is 0 Å². The minimum atomic E-state index is -4.58. The van der Waals surface area contributed by atoms with Crippen molar-refractivity contribution in [1.29, 1.82) is 0 Å². The number of amides is 2. The summed E-state index contributed by atoms with van der Waals surface area (Å²) in [4.78, 5) is 24.0. The zero-order valence-electron chi connectivity index (χ0n) is 13.4. The second-order valence-electron chi connectivity index (χ2n) is 5.03. The third-order valence-electron chi connectivity index (χ3n) is 3.22. The predicted octanol–water partition coefficient (Wildman–Crippen LogP) is 4.42. The molecule has 0 aliphatic carbocycles. The minimum Gasteiger partial charge on any atom is -0.497 e. The Hall–Kier alpha value is -2.19. The second-order valence-corrected chi connectivity index (χ2v) is 6.49. The number of rotatable bonds is 5. The fourth-order valence-corrected chi connectivity index (χ4v) is 2.90. The molecule has 0 atom stereocenters. The van der Waals surface area contributed by atoms with Gasteiger partial charge in [0.25, 0.3) is 5.91 Å². The first-order chi connectivity index (χ1) is 12.2. The first kappa shape index (κ1) is 20.1. The van der Waals surface area contributed by atoms with E-state index in [0.29, 0.717) is 5.75 Å². The number of alkyl halides is 3. The van der Waals surface area contributed by atoms with Crippen LogP contribution in [-0.4, -0.2) is 24.7 Å². The topological polar surface area (TPSA) is 55.4 Å². The molecule has 0 spiro atoms. The summed E-state index contributed by atoms with van der Waals surface area (Å²) in [7, 11) is 1.48. The number of imide groups is 1. The molecule has 0 bridgehead atoms. The van der Waals surface area contributed by atoms with Gasteiger partial charge in [-0.3, -0.25) is 14.9 Å². The highest BCUT2D eigenvalue weighted by atomic mass is 35.5. The van der Waals surface area contributed by atoms with Crippen LogP contribution in [0.4, 0.5) is 13.2 Å². The average Bonchev–Trinajstić information content (AvgIpc) is 2.60. The van der Waals surface area contributed by atoms with E-state index >= 15 is 0 Å². The van der Waals surface area contributed by atoms with E-state index in [4.69, 9.17) is 16.3 Å². The van der Waals surface area contributed by atoms with Crippen molar-refractivity contribution in [3.05, 3.63) is 58.6 Å². The standard InChI is InChI=1S/C17H13ClF3NO3S/c1-25-11-4-2-10(3-5-11)16(24)22-15(23)9-26-12-6-7-14(18)13(8-12)17(19,20)21/h2-8H,9H2,1H3,(H,22,23,24). The van der Waals surface area contributed by atoms with Gasteiger partial charge >= 0.3 is 6.18 Å². The van der Waals surface area contributed by atoms with Crippen LogP contribution >= 0.6 is 23.4 Å². The number of carbonyl (C=O) groups is 2. The van der Waals surface area contributed by atoms with Crippen molar-refractivity contribution in [3.8, 4) is 5.75 Å². The van der Waals surface area contributed by atoms with E-state index in [0.717, 1.165) is 23.9 Å². The van der Waals surface area contributed by atoms with E-state index in [9.17, 15) is 22.8 Å². The predicted molar refractivity (Wildman–Crippen MR) is 92.6 cm³/mol. The fourth-order valence-electron chi connectivity index (χ4n) is 1.94. The van der Waals surface area contributed by atoms with Crippen LogP contribution in [0.5, 0.6) is 5.75 Å². The van der Waals surface area contributed by atoms with E-state index in [1.807, 2.05) is 0 Å². The van der Waals surface area contributed by atoms with Gasteiger partial charge in [0.05, 0.1) is 23.4 Å². The lowest BCUT2D eigenvalue weighted by Gasteiger charge is -2.10. The summed E-state index contributed by atoms with van der Waals surface area (Å²) in [5.41, 5.74) is -0.714. The number of methoxy groups -OCH3 is 1. The molecule has 2 rings (SSSR count). The first-order valence-electron chi connectivity index (χ1n) is 7.18. The lowest BCUT2D eigenvalue weighted by molar-refractivity contribution is -0.137. The normalized spacial score (nSPS) is 11.1. The van der Waals surface area contributed by atoms with Gasteiger partial charge in [-0.05, 0) is 42.5 Å². The van der Waals surface area contributed by atoms with Gasteiger partial charge in [-0.25, -0.2) is 0 Å². The molecule has 0 aliphatic heterocycles. The molecule has 9 heteroatoms. The summed E-state index contributed by atoms with van der Waals surface area (Å²) >= 11 is 6.41. The third kappa shape index (κ3) is 5.40. The number of benzene rings is 2. The van der Waals surface area contributed by atoms with Crippen LogP contribution in [0, 0.1) is 0 Å². The van der Waals surface area contributed by atoms with Crippen LogP contribution < -0.4 is 10.1 Å². The minimum absolute atomic E-state index is 0.216. The Balaban J connectivity index is 1.95. The van der Waals surface area contributed by atoms with E-state index in [-0.39, 0.29) is 16.2 Å². The maximum Gasteiger partial charge on any atom is 0.417 e. The van der Waals surface area contributed by atoms with Gasteiger partial charge in [-0.2, -0.15) is 13.2 Å². The maximum absolute atomic E-state index is 12.8. The number of thioether (sulfide) groups is 1. The van der Waals surface area contributed by atoms with Crippen molar-refractivity contribution >= 4 is 35.2 Å². The maximum atomic E-state index is 12.8. The molecule has 26 heavy (non-hydrogen) atoms. The summed E-state index contributed by atoms with van der Waals surface area (Å²) in [6.07, 6.45) is -4.58. The Morgan fingerprint density at radius 1 is 1.15 bits per heavy atom. The molecule has 0 saturated carbocycles. The molecule has 0 aliphatic rings. The second kappa shape index (κ2) is 8.46. The molecule has 0 saturated heterocycles. The zero-order valence-corrected chi connectivity index (χ0v) is 15.0. The molecule has 138 valence electrons. The average molecular weight is 404 g/mol. The van der Waals surface area contributed by atoms with Crippen LogP contribution in [0.1, 0.15) is 15.9 Å². The SMILES string of the molecule is COc1ccc(C(=O)NC(=O)CSc2ccc(Cl)c(C(F)(F)F)c2)cc1. The van der Waals surface area contributed by atoms with Crippen LogP contribution in [-0.2, 0) is 11.0 Å². The Morgan fingerprint density at radius 2 is 1.81 bits per heavy atom. The smallest absolute Gasteiger partial charge is 0.417 e. The van der Waals surface area contributed by atoms with Gasteiger partial charge in [-0.15, -0.1) is 11.8 Å². The van der Waals surface area contributed by atoms with Crippen molar-refractivity contribution in [2.75, 3.05) is 12.9 Å². The van der Waals surface area contributed by atoms with Gasteiger partial charge < -0.3 is 4.74 Å². The summed E-state index contributed by atoms with van der Waals surface area (Å²) in [5.74, 6) is -0.891. The largest absolute Gasteiger partial charge is 0.497 e. The van der Waals surface area contributed by atoms with E-state index in [1.54, 1.807) is 12.1 Å². The van der Waals surface area contributed by atoms with Gasteiger partial charge in [-0.1, -0.05) is 11.6 Å². The summed E-state index contributed by atoms with van der Waals surface area (Å²) in [5, 5.41) is 1.76. The van der Waals surface area contributed by atoms with Gasteiger partial charge in [0.1, 0.15) is 5.75 Å². The molecular formula is C17H13ClF3NO3S. The molecule has 0 fully saturated rings. The highest BCUT2D eigenvalue weighted by Gasteiger charge is 2.33. The molecule has 2 aromatic rings. The summed E-state index contributed by atoms with van der Waals surface area (Å²) in [6, 6.07) is 9.48. The number of hydrogen-bond donors (Lipinski definition) is 1. The highest BCUT2D eigenvalue weighted by Crippen LogP contribution is 2.36.